The summed E-state index contributed by atoms with van der Waals surface area (Å²) in [4.78, 5) is 23.9. The Morgan fingerprint density at radius 2 is 1.05 bits per heavy atom. The molecule has 0 aliphatic carbocycles. The highest BCUT2D eigenvalue weighted by Gasteiger charge is 2.30. The minimum absolute atomic E-state index is 0.0946. The molecule has 0 bridgehead atoms. The first-order valence-corrected chi connectivity index (χ1v) is 8.61. The first-order chi connectivity index (χ1) is 10.4. The smallest absolute Gasteiger partial charge is 0.275 e. The average Bonchev–Trinajstić information content (AvgIpc) is 3.04. The number of nitrogens with one attached hydrogen (secondary N) is 2. The molecule has 0 aromatic heterocycles. The number of hydrogen-bond acceptors (Lipinski definition) is 2. The third-order valence-electron chi connectivity index (χ3n) is 5.11. The third-order valence-corrected chi connectivity index (χ3v) is 5.11. The van der Waals surface area contributed by atoms with Crippen LogP contribution in [0.3, 0.4) is 0 Å². The summed E-state index contributed by atoms with van der Waals surface area (Å²) in [5, 5.41) is 5.84. The van der Waals surface area contributed by atoms with E-state index in [0.717, 1.165) is 35.1 Å². The molecule has 2 saturated heterocycles. The van der Waals surface area contributed by atoms with Crippen molar-refractivity contribution in [1.82, 2.24) is 10.6 Å². The molecule has 2 amide bonds. The quantitative estimate of drug-likeness (QED) is 0.501. The lowest BCUT2D eigenvalue weighted by molar-refractivity contribution is -0.889. The van der Waals surface area contributed by atoms with Gasteiger partial charge in [-0.25, -0.2) is 0 Å². The van der Waals surface area contributed by atoms with Crippen LogP contribution < -0.4 is 10.6 Å². The molecule has 0 saturated carbocycles. The van der Waals surface area contributed by atoms with Crippen molar-refractivity contribution in [1.29, 1.82) is 0 Å². The average molecular weight is 312 g/mol. The van der Waals surface area contributed by atoms with Crippen molar-refractivity contribution in [2.45, 2.75) is 25.7 Å². The first-order valence-electron chi connectivity index (χ1n) is 8.61. The number of rotatable bonds is 7. The predicted molar refractivity (Wildman–Crippen MR) is 86.1 cm³/mol. The zero-order valence-electron chi connectivity index (χ0n) is 14.2. The minimum atomic E-state index is 0.0946. The molecule has 0 aromatic rings. The molecule has 2 N–H and O–H groups in total. The fraction of sp³-hybridized carbons (Fsp3) is 0.875. The molecule has 0 unspecified atom stereocenters. The lowest BCUT2D eigenvalue weighted by Gasteiger charge is -2.28. The lowest BCUT2D eigenvalue weighted by atomic mass is 10.4. The summed E-state index contributed by atoms with van der Waals surface area (Å²) in [7, 11) is 4.29. The normalized spacial score (nSPS) is 22.5. The standard InChI is InChI=1S/C16H30N4O2/c1-19(9-3-4-10-19)13-15(21)17-7-8-18-16(22)14-20(2)11-5-6-12-20/h3-14H2,1-2H3/p+2. The molecule has 22 heavy (non-hydrogen) atoms. The van der Waals surface area contributed by atoms with Crippen LogP contribution in [0, 0.1) is 0 Å². The summed E-state index contributed by atoms with van der Waals surface area (Å²) in [6.07, 6.45) is 4.88. The van der Waals surface area contributed by atoms with E-state index in [4.69, 9.17) is 0 Å². The van der Waals surface area contributed by atoms with Crippen molar-refractivity contribution in [3.8, 4) is 0 Å². The second-order valence-electron chi connectivity index (χ2n) is 7.56. The van der Waals surface area contributed by atoms with Crippen molar-refractivity contribution in [3.63, 3.8) is 0 Å². The van der Waals surface area contributed by atoms with E-state index in [1.165, 1.54) is 25.7 Å². The molecule has 6 heteroatoms. The summed E-state index contributed by atoms with van der Waals surface area (Å²) in [6.45, 7) is 6.55. The first kappa shape index (κ1) is 17.2. The Morgan fingerprint density at radius 1 is 0.727 bits per heavy atom. The topological polar surface area (TPSA) is 58.2 Å². The molecule has 0 spiro atoms. The molecule has 0 atom stereocenters. The van der Waals surface area contributed by atoms with Gasteiger partial charge < -0.3 is 19.6 Å². The maximum atomic E-state index is 11.9. The molecular formula is C16H32N4O2+2. The van der Waals surface area contributed by atoms with E-state index in [-0.39, 0.29) is 11.8 Å². The fourth-order valence-electron chi connectivity index (χ4n) is 3.72. The number of likely N-dealkylation sites (N-methyl/N-ethyl adjacent to an activating group) is 2. The van der Waals surface area contributed by atoms with Crippen LogP contribution in [0.1, 0.15) is 25.7 Å². The van der Waals surface area contributed by atoms with E-state index in [1.807, 2.05) is 0 Å². The largest absolute Gasteiger partial charge is 0.349 e. The Morgan fingerprint density at radius 3 is 1.36 bits per heavy atom. The highest BCUT2D eigenvalue weighted by molar-refractivity contribution is 5.78. The van der Waals surface area contributed by atoms with Crippen LogP contribution in [0.5, 0.6) is 0 Å². The van der Waals surface area contributed by atoms with E-state index in [0.29, 0.717) is 26.2 Å². The number of carbonyl (C=O) groups is 2. The molecular weight excluding hydrogens is 280 g/mol. The van der Waals surface area contributed by atoms with Gasteiger partial charge >= 0.3 is 0 Å². The van der Waals surface area contributed by atoms with E-state index in [2.05, 4.69) is 24.7 Å². The molecule has 6 nitrogen and oxygen atoms in total. The van der Waals surface area contributed by atoms with Crippen molar-refractivity contribution in [3.05, 3.63) is 0 Å². The Hall–Kier alpha value is -1.14. The lowest BCUT2D eigenvalue weighted by Crippen LogP contribution is -2.50. The minimum Gasteiger partial charge on any atom is -0.349 e. The molecule has 2 aliphatic heterocycles. The van der Waals surface area contributed by atoms with Crippen LogP contribution in [0.15, 0.2) is 0 Å². The summed E-state index contributed by atoms with van der Waals surface area (Å²) in [5.41, 5.74) is 0. The van der Waals surface area contributed by atoms with Crippen molar-refractivity contribution < 1.29 is 18.6 Å². The second-order valence-corrected chi connectivity index (χ2v) is 7.56. The van der Waals surface area contributed by atoms with Crippen molar-refractivity contribution >= 4 is 11.8 Å². The van der Waals surface area contributed by atoms with Gasteiger partial charge in [-0.05, 0) is 0 Å². The molecule has 2 heterocycles. The Labute approximate surface area is 134 Å². The second kappa shape index (κ2) is 7.42. The molecule has 0 radical (unpaired) electrons. The zero-order chi connectivity index (χ0) is 16.1. The van der Waals surface area contributed by atoms with Crippen molar-refractivity contribution in [2.24, 2.45) is 0 Å². The van der Waals surface area contributed by atoms with E-state index < -0.39 is 0 Å². The maximum absolute atomic E-state index is 11.9. The maximum Gasteiger partial charge on any atom is 0.275 e. The number of quaternary nitrogens is 2. The monoisotopic (exact) mass is 312 g/mol. The van der Waals surface area contributed by atoms with Crippen LogP contribution in [0.2, 0.25) is 0 Å². The number of amides is 2. The Balaban J connectivity index is 1.56. The van der Waals surface area contributed by atoms with E-state index in [9.17, 15) is 9.59 Å². The van der Waals surface area contributed by atoms with Crippen molar-refractivity contribution in [2.75, 3.05) is 66.5 Å². The Bertz CT molecular complexity index is 361. The van der Waals surface area contributed by atoms with Crippen LogP contribution in [0.4, 0.5) is 0 Å². The van der Waals surface area contributed by atoms with Gasteiger partial charge in [0.25, 0.3) is 11.8 Å². The third kappa shape index (κ3) is 5.25. The van der Waals surface area contributed by atoms with Gasteiger partial charge in [0.05, 0.1) is 40.3 Å². The summed E-state index contributed by atoms with van der Waals surface area (Å²) in [6, 6.07) is 0. The predicted octanol–water partition coefficient (Wildman–Crippen LogP) is -0.300. The van der Waals surface area contributed by atoms with E-state index >= 15 is 0 Å². The highest BCUT2D eigenvalue weighted by atomic mass is 16.2. The zero-order valence-corrected chi connectivity index (χ0v) is 14.2. The number of carbonyl (C=O) groups excluding carboxylic acids is 2. The van der Waals surface area contributed by atoms with Crippen LogP contribution >= 0.6 is 0 Å². The number of hydrogen-bond donors (Lipinski definition) is 2. The summed E-state index contributed by atoms with van der Waals surface area (Å²) >= 11 is 0. The van der Waals surface area contributed by atoms with Gasteiger partial charge in [0.1, 0.15) is 0 Å². The van der Waals surface area contributed by atoms with Gasteiger partial charge in [-0.1, -0.05) is 0 Å². The summed E-state index contributed by atoms with van der Waals surface area (Å²) in [5.74, 6) is 0.189. The molecule has 2 aliphatic rings. The van der Waals surface area contributed by atoms with Crippen LogP contribution in [-0.2, 0) is 9.59 Å². The van der Waals surface area contributed by atoms with Gasteiger partial charge in [-0.3, -0.25) is 9.59 Å². The van der Waals surface area contributed by atoms with Gasteiger partial charge in [-0.2, -0.15) is 0 Å². The SMILES string of the molecule is C[N+]1(CC(=O)NCCNC(=O)C[N+]2(C)CCCC2)CCCC1. The highest BCUT2D eigenvalue weighted by Crippen LogP contribution is 2.16. The van der Waals surface area contributed by atoms with Gasteiger partial charge in [-0.15, -0.1) is 0 Å². The molecule has 0 aromatic carbocycles. The van der Waals surface area contributed by atoms with Crippen LogP contribution in [0.25, 0.3) is 0 Å². The fourth-order valence-corrected chi connectivity index (χ4v) is 3.72. The molecule has 126 valence electrons. The van der Waals surface area contributed by atoms with E-state index in [1.54, 1.807) is 0 Å². The Kier molecular flexibility index (Phi) is 5.81. The summed E-state index contributed by atoms with van der Waals surface area (Å²) < 4.78 is 1.71. The van der Waals surface area contributed by atoms with Gasteiger partial charge in [0, 0.05) is 38.8 Å². The number of nitrogens with zero attached hydrogens (tertiary/aromatic N) is 2. The number of likely N-dealkylation sites (tertiary alicyclic amines) is 2. The van der Waals surface area contributed by atoms with Crippen LogP contribution in [-0.4, -0.2) is 87.2 Å². The molecule has 2 fully saturated rings. The van der Waals surface area contributed by atoms with Gasteiger partial charge in [0.15, 0.2) is 13.1 Å². The molecule has 2 rings (SSSR count). The van der Waals surface area contributed by atoms with Gasteiger partial charge in [0.2, 0.25) is 0 Å².